The minimum atomic E-state index is -1.00. The van der Waals surface area contributed by atoms with Crippen LogP contribution in [0, 0.1) is 25.2 Å². The third kappa shape index (κ3) is 2.30. The number of carboxylic acid groups (broad SMARTS) is 1. The quantitative estimate of drug-likeness (QED) is 0.589. The molecule has 5 N–H and O–H groups in total. The van der Waals surface area contributed by atoms with E-state index in [4.69, 9.17) is 5.73 Å². The number of carbonyl (C=O) groups is 1. The first-order chi connectivity index (χ1) is 11.4. The summed E-state index contributed by atoms with van der Waals surface area (Å²) in [6.07, 6.45) is 1.75. The molecule has 24 heavy (non-hydrogen) atoms. The fourth-order valence-corrected chi connectivity index (χ4v) is 2.85. The molecular formula is C17H15N5O2. The maximum absolute atomic E-state index is 11.4. The van der Waals surface area contributed by atoms with Crippen molar-refractivity contribution < 1.29 is 9.90 Å². The van der Waals surface area contributed by atoms with E-state index in [9.17, 15) is 15.2 Å². The summed E-state index contributed by atoms with van der Waals surface area (Å²) < 4.78 is 0. The van der Waals surface area contributed by atoms with Crippen LogP contribution in [0.15, 0.2) is 24.4 Å². The molecule has 0 saturated carbocycles. The molecule has 0 amide bonds. The Morgan fingerprint density at radius 1 is 1.42 bits per heavy atom. The molecule has 7 nitrogen and oxygen atoms in total. The fraction of sp³-hybridized carbons (Fsp3) is 0.118. The SMILES string of the molecule is Cc1[nH]c(-c2cc(-c3ccc[nH]3)c(C#N)c(N)n2)c(C)c1C(=O)O. The first kappa shape index (κ1) is 15.4. The first-order valence-corrected chi connectivity index (χ1v) is 7.21. The van der Waals surface area contributed by atoms with Gasteiger partial charge in [-0.15, -0.1) is 0 Å². The van der Waals surface area contributed by atoms with Gasteiger partial charge in [-0.3, -0.25) is 0 Å². The van der Waals surface area contributed by atoms with Crippen LogP contribution in [0.5, 0.6) is 0 Å². The van der Waals surface area contributed by atoms with E-state index in [1.807, 2.05) is 12.1 Å². The molecule has 3 aromatic heterocycles. The van der Waals surface area contributed by atoms with Gasteiger partial charge in [-0.2, -0.15) is 5.26 Å². The van der Waals surface area contributed by atoms with Gasteiger partial charge in [0.15, 0.2) is 0 Å². The summed E-state index contributed by atoms with van der Waals surface area (Å²) in [6.45, 7) is 3.41. The maximum Gasteiger partial charge on any atom is 0.337 e. The highest BCUT2D eigenvalue weighted by atomic mass is 16.4. The number of nitrogens with one attached hydrogen (secondary N) is 2. The third-order valence-corrected chi connectivity index (χ3v) is 3.95. The van der Waals surface area contributed by atoms with Crippen LogP contribution in [0.25, 0.3) is 22.6 Å². The van der Waals surface area contributed by atoms with Crippen molar-refractivity contribution in [2.45, 2.75) is 13.8 Å². The zero-order valence-electron chi connectivity index (χ0n) is 13.1. The largest absolute Gasteiger partial charge is 0.478 e. The predicted octanol–water partition coefficient (Wildman–Crippen LogP) is 2.84. The van der Waals surface area contributed by atoms with Gasteiger partial charge in [0.1, 0.15) is 17.5 Å². The molecule has 7 heteroatoms. The highest BCUT2D eigenvalue weighted by Crippen LogP contribution is 2.32. The molecule has 0 aliphatic heterocycles. The van der Waals surface area contributed by atoms with Crippen molar-refractivity contribution in [2.75, 3.05) is 5.73 Å². The number of pyridine rings is 1. The average molecular weight is 321 g/mol. The lowest BCUT2D eigenvalue weighted by atomic mass is 10.0. The molecule has 0 atom stereocenters. The highest BCUT2D eigenvalue weighted by Gasteiger charge is 2.21. The number of aromatic carboxylic acids is 1. The number of hydrogen-bond donors (Lipinski definition) is 4. The summed E-state index contributed by atoms with van der Waals surface area (Å²) in [5.41, 5.74) is 9.99. The monoisotopic (exact) mass is 321 g/mol. The van der Waals surface area contributed by atoms with Crippen molar-refractivity contribution in [2.24, 2.45) is 0 Å². The Labute approximate surface area is 137 Å². The van der Waals surface area contributed by atoms with Crippen molar-refractivity contribution in [3.05, 3.63) is 46.8 Å². The molecular weight excluding hydrogens is 306 g/mol. The van der Waals surface area contributed by atoms with Gasteiger partial charge in [-0.05, 0) is 37.6 Å². The molecule has 0 aromatic carbocycles. The second kappa shape index (κ2) is 5.59. The normalized spacial score (nSPS) is 10.5. The Balaban J connectivity index is 2.26. The predicted molar refractivity (Wildman–Crippen MR) is 89.4 cm³/mol. The van der Waals surface area contributed by atoms with Gasteiger partial charge < -0.3 is 20.8 Å². The second-order valence-corrected chi connectivity index (χ2v) is 5.44. The van der Waals surface area contributed by atoms with E-state index >= 15 is 0 Å². The Bertz CT molecular complexity index is 978. The molecule has 0 spiro atoms. The molecule has 0 radical (unpaired) electrons. The molecule has 3 heterocycles. The number of hydrogen-bond acceptors (Lipinski definition) is 4. The topological polar surface area (TPSA) is 132 Å². The van der Waals surface area contributed by atoms with E-state index in [2.05, 4.69) is 21.0 Å². The Kier molecular flexibility index (Phi) is 3.58. The zero-order chi connectivity index (χ0) is 17.4. The number of carboxylic acids is 1. The number of rotatable bonds is 3. The number of nitrogen functional groups attached to an aromatic ring is 1. The van der Waals surface area contributed by atoms with Gasteiger partial charge in [0, 0.05) is 23.1 Å². The lowest BCUT2D eigenvalue weighted by Crippen LogP contribution is -2.01. The van der Waals surface area contributed by atoms with Crippen LogP contribution < -0.4 is 5.73 Å². The number of aromatic nitrogens is 3. The zero-order valence-corrected chi connectivity index (χ0v) is 13.1. The van der Waals surface area contributed by atoms with Crippen molar-refractivity contribution in [3.8, 4) is 28.7 Å². The van der Waals surface area contributed by atoms with Crippen molar-refractivity contribution in [1.82, 2.24) is 15.0 Å². The van der Waals surface area contributed by atoms with E-state index in [0.29, 0.717) is 28.2 Å². The molecule has 0 aliphatic rings. The summed E-state index contributed by atoms with van der Waals surface area (Å²) in [4.78, 5) is 21.8. The van der Waals surface area contributed by atoms with Gasteiger partial charge in [-0.25, -0.2) is 9.78 Å². The van der Waals surface area contributed by atoms with Gasteiger partial charge in [0.2, 0.25) is 0 Å². The number of anilines is 1. The third-order valence-electron chi connectivity index (χ3n) is 3.95. The summed E-state index contributed by atoms with van der Waals surface area (Å²) >= 11 is 0. The van der Waals surface area contributed by atoms with E-state index in [0.717, 1.165) is 5.69 Å². The summed E-state index contributed by atoms with van der Waals surface area (Å²) in [5, 5.41) is 18.7. The number of aromatic amines is 2. The lowest BCUT2D eigenvalue weighted by molar-refractivity contribution is 0.0695. The standard InChI is InChI=1S/C17H15N5O2/c1-8-14(17(23)24)9(2)21-15(8)13-6-10(12-4-3-5-20-12)11(7-18)16(19)22-13/h3-6,20-21H,1-2H3,(H2,19,22)(H,23,24). The van der Waals surface area contributed by atoms with Gasteiger partial charge >= 0.3 is 5.97 Å². The van der Waals surface area contributed by atoms with Crippen LogP contribution in [0.3, 0.4) is 0 Å². The number of aryl methyl sites for hydroxylation is 1. The molecule has 3 aromatic rings. The van der Waals surface area contributed by atoms with Crippen LogP contribution in [-0.2, 0) is 0 Å². The second-order valence-electron chi connectivity index (χ2n) is 5.44. The fourth-order valence-electron chi connectivity index (χ4n) is 2.85. The minimum Gasteiger partial charge on any atom is -0.478 e. The average Bonchev–Trinajstić information content (AvgIpc) is 3.14. The van der Waals surface area contributed by atoms with E-state index in [1.165, 1.54) is 0 Å². The summed E-state index contributed by atoms with van der Waals surface area (Å²) in [6, 6.07) is 7.44. The van der Waals surface area contributed by atoms with E-state index in [-0.39, 0.29) is 16.9 Å². The Morgan fingerprint density at radius 2 is 2.17 bits per heavy atom. The van der Waals surface area contributed by atoms with Crippen LogP contribution in [0.4, 0.5) is 5.82 Å². The Morgan fingerprint density at radius 3 is 2.71 bits per heavy atom. The number of nitrogens with zero attached hydrogens (tertiary/aromatic N) is 2. The van der Waals surface area contributed by atoms with E-state index in [1.54, 1.807) is 26.1 Å². The van der Waals surface area contributed by atoms with Gasteiger partial charge in [0.05, 0.1) is 17.0 Å². The molecule has 0 saturated heterocycles. The van der Waals surface area contributed by atoms with Crippen LogP contribution >= 0.6 is 0 Å². The van der Waals surface area contributed by atoms with Gasteiger partial charge in [-0.1, -0.05) is 0 Å². The smallest absolute Gasteiger partial charge is 0.337 e. The molecule has 0 bridgehead atoms. The Hall–Kier alpha value is -3.53. The number of nitrogens with two attached hydrogens (primary N) is 1. The maximum atomic E-state index is 11.4. The lowest BCUT2D eigenvalue weighted by Gasteiger charge is -2.09. The minimum absolute atomic E-state index is 0.100. The van der Waals surface area contributed by atoms with Crippen molar-refractivity contribution >= 4 is 11.8 Å². The summed E-state index contributed by atoms with van der Waals surface area (Å²) in [7, 11) is 0. The molecule has 0 unspecified atom stereocenters. The van der Waals surface area contributed by atoms with Crippen molar-refractivity contribution in [1.29, 1.82) is 5.26 Å². The molecule has 120 valence electrons. The van der Waals surface area contributed by atoms with E-state index < -0.39 is 5.97 Å². The molecule has 0 fully saturated rings. The number of nitriles is 1. The number of H-pyrrole nitrogens is 2. The highest BCUT2D eigenvalue weighted by molar-refractivity contribution is 5.93. The molecule has 0 aliphatic carbocycles. The van der Waals surface area contributed by atoms with Crippen LogP contribution in [0.1, 0.15) is 27.2 Å². The first-order valence-electron chi connectivity index (χ1n) is 7.21. The van der Waals surface area contributed by atoms with Crippen molar-refractivity contribution in [3.63, 3.8) is 0 Å². The van der Waals surface area contributed by atoms with Crippen LogP contribution in [0.2, 0.25) is 0 Å². The van der Waals surface area contributed by atoms with Crippen LogP contribution in [-0.4, -0.2) is 26.0 Å². The van der Waals surface area contributed by atoms with Gasteiger partial charge in [0.25, 0.3) is 0 Å². The summed E-state index contributed by atoms with van der Waals surface area (Å²) in [5.74, 6) is -0.901. The molecule has 3 rings (SSSR count).